The fraction of sp³-hybridized carbons (Fsp3) is 0.526. The topological polar surface area (TPSA) is 68.3 Å². The number of carbonyl (C=O) groups excluding carboxylic acids is 1. The number of aromatic nitrogens is 2. The van der Waals surface area contributed by atoms with Crippen LogP contribution in [0.3, 0.4) is 0 Å². The molecule has 6 heteroatoms. The van der Waals surface area contributed by atoms with Gasteiger partial charge < -0.3 is 9.32 Å². The van der Waals surface area contributed by atoms with Gasteiger partial charge in [-0.1, -0.05) is 13.8 Å². The predicted octanol–water partition coefficient (Wildman–Crippen LogP) is 2.71. The molecule has 0 aromatic carbocycles. The molecule has 6 nitrogen and oxygen atoms in total. The number of nitrogens with zero attached hydrogens (tertiary/aromatic N) is 3. The monoisotopic (exact) mass is 343 g/mol. The van der Waals surface area contributed by atoms with Crippen LogP contribution >= 0.6 is 0 Å². The molecule has 0 aliphatic carbocycles. The van der Waals surface area contributed by atoms with Gasteiger partial charge in [-0.25, -0.2) is 4.68 Å². The van der Waals surface area contributed by atoms with Crippen molar-refractivity contribution in [3.05, 3.63) is 51.8 Å². The first-order valence-electron chi connectivity index (χ1n) is 8.90. The molecule has 0 radical (unpaired) electrons. The zero-order valence-electron chi connectivity index (χ0n) is 15.1. The summed E-state index contributed by atoms with van der Waals surface area (Å²) in [7, 11) is 0. The highest BCUT2D eigenvalue weighted by Gasteiger charge is 2.33. The molecule has 134 valence electrons. The van der Waals surface area contributed by atoms with Crippen LogP contribution in [0.2, 0.25) is 0 Å². The summed E-state index contributed by atoms with van der Waals surface area (Å²) in [4.78, 5) is 26.7. The molecule has 1 amide bonds. The van der Waals surface area contributed by atoms with Crippen LogP contribution in [-0.2, 0) is 17.8 Å². The molecule has 1 saturated heterocycles. The van der Waals surface area contributed by atoms with E-state index in [1.54, 1.807) is 13.0 Å². The molecule has 1 aliphatic rings. The Hall–Kier alpha value is -2.37. The van der Waals surface area contributed by atoms with Crippen LogP contribution in [0.4, 0.5) is 0 Å². The van der Waals surface area contributed by atoms with Crippen LogP contribution in [0, 0.1) is 12.8 Å². The second-order valence-electron chi connectivity index (χ2n) is 6.86. The highest BCUT2D eigenvalue weighted by atomic mass is 16.3. The first-order valence-corrected chi connectivity index (χ1v) is 8.90. The molecule has 2 aromatic rings. The van der Waals surface area contributed by atoms with E-state index < -0.39 is 0 Å². The molecule has 2 unspecified atom stereocenters. The van der Waals surface area contributed by atoms with E-state index in [1.165, 1.54) is 10.7 Å². The van der Waals surface area contributed by atoms with E-state index in [9.17, 15) is 9.59 Å². The summed E-state index contributed by atoms with van der Waals surface area (Å²) < 4.78 is 7.16. The van der Waals surface area contributed by atoms with E-state index in [1.807, 2.05) is 24.0 Å². The van der Waals surface area contributed by atoms with Crippen LogP contribution in [0.5, 0.6) is 0 Å². The molecule has 2 aromatic heterocycles. The van der Waals surface area contributed by atoms with Gasteiger partial charge in [0.05, 0.1) is 11.7 Å². The van der Waals surface area contributed by atoms with E-state index in [-0.39, 0.29) is 24.1 Å². The minimum absolute atomic E-state index is 0.0350. The highest BCUT2D eigenvalue weighted by molar-refractivity contribution is 5.76. The lowest BCUT2D eigenvalue weighted by molar-refractivity contribution is -0.137. The number of amides is 1. The molecule has 3 heterocycles. The molecule has 25 heavy (non-hydrogen) atoms. The van der Waals surface area contributed by atoms with Gasteiger partial charge in [0.2, 0.25) is 5.91 Å². The van der Waals surface area contributed by atoms with Crippen molar-refractivity contribution < 1.29 is 9.21 Å². The van der Waals surface area contributed by atoms with Gasteiger partial charge in [-0.15, -0.1) is 0 Å². The van der Waals surface area contributed by atoms with Crippen LogP contribution in [0.15, 0.2) is 33.5 Å². The average molecular weight is 343 g/mol. The van der Waals surface area contributed by atoms with Crippen molar-refractivity contribution >= 4 is 5.91 Å². The Kier molecular flexibility index (Phi) is 5.06. The minimum Gasteiger partial charge on any atom is -0.464 e. The molecule has 2 atom stereocenters. The number of piperidine rings is 1. The number of hydrogen-bond donors (Lipinski definition) is 0. The predicted molar refractivity (Wildman–Crippen MR) is 94.2 cm³/mol. The Morgan fingerprint density at radius 3 is 2.84 bits per heavy atom. The van der Waals surface area contributed by atoms with Gasteiger partial charge in [-0.2, -0.15) is 5.10 Å². The fourth-order valence-corrected chi connectivity index (χ4v) is 3.36. The smallest absolute Gasteiger partial charge is 0.267 e. The summed E-state index contributed by atoms with van der Waals surface area (Å²) in [5.74, 6) is 2.20. The molecule has 0 bridgehead atoms. The quantitative estimate of drug-likeness (QED) is 0.856. The van der Waals surface area contributed by atoms with Crippen molar-refractivity contribution in [2.45, 2.75) is 52.6 Å². The fourth-order valence-electron chi connectivity index (χ4n) is 3.36. The zero-order valence-corrected chi connectivity index (χ0v) is 15.1. The SMILES string of the molecule is CCc1ccc(C2CC(C)CCN2C(=O)Cn2nc(C)ccc2=O)o1. The lowest BCUT2D eigenvalue weighted by Gasteiger charge is -2.37. The second-order valence-corrected chi connectivity index (χ2v) is 6.86. The molecular formula is C19H25N3O3. The van der Waals surface area contributed by atoms with Gasteiger partial charge >= 0.3 is 0 Å². The maximum atomic E-state index is 12.9. The maximum absolute atomic E-state index is 12.9. The highest BCUT2D eigenvalue weighted by Crippen LogP contribution is 2.35. The molecular weight excluding hydrogens is 318 g/mol. The van der Waals surface area contributed by atoms with Gasteiger partial charge in [0, 0.05) is 19.0 Å². The molecule has 1 aliphatic heterocycles. The lowest BCUT2D eigenvalue weighted by atomic mass is 9.91. The second kappa shape index (κ2) is 7.25. The van der Waals surface area contributed by atoms with Gasteiger partial charge in [-0.05, 0) is 43.9 Å². The largest absolute Gasteiger partial charge is 0.464 e. The standard InChI is InChI=1S/C19H25N3O3/c1-4-15-6-7-17(25-15)16-11-13(2)9-10-21(16)19(24)12-22-18(23)8-5-14(3)20-22/h5-8,13,16H,4,9-12H2,1-3H3. The number of rotatable bonds is 4. The number of likely N-dealkylation sites (tertiary alicyclic amines) is 1. The third kappa shape index (κ3) is 3.83. The third-order valence-corrected chi connectivity index (χ3v) is 4.83. The molecule has 0 saturated carbocycles. The summed E-state index contributed by atoms with van der Waals surface area (Å²) in [6.45, 7) is 6.69. The van der Waals surface area contributed by atoms with Gasteiger partial charge in [0.1, 0.15) is 18.1 Å². The summed E-state index contributed by atoms with van der Waals surface area (Å²) >= 11 is 0. The zero-order chi connectivity index (χ0) is 18.0. The average Bonchev–Trinajstić information content (AvgIpc) is 3.07. The van der Waals surface area contributed by atoms with Crippen LogP contribution in [0.1, 0.15) is 49.9 Å². The Morgan fingerprint density at radius 2 is 2.12 bits per heavy atom. The first kappa shape index (κ1) is 17.5. The van der Waals surface area contributed by atoms with Crippen LogP contribution in [0.25, 0.3) is 0 Å². The summed E-state index contributed by atoms with van der Waals surface area (Å²) in [5.41, 5.74) is 0.460. The Balaban J connectivity index is 1.83. The van der Waals surface area contributed by atoms with Crippen LogP contribution in [-0.4, -0.2) is 27.1 Å². The van der Waals surface area contributed by atoms with Crippen molar-refractivity contribution in [2.75, 3.05) is 6.54 Å². The first-order chi connectivity index (χ1) is 12.0. The number of carbonyl (C=O) groups is 1. The van der Waals surface area contributed by atoms with Crippen molar-refractivity contribution in [3.63, 3.8) is 0 Å². The van der Waals surface area contributed by atoms with Gasteiger partial charge in [0.15, 0.2) is 0 Å². The van der Waals surface area contributed by atoms with E-state index in [2.05, 4.69) is 12.0 Å². The van der Waals surface area contributed by atoms with E-state index in [4.69, 9.17) is 4.42 Å². The molecule has 3 rings (SSSR count). The number of hydrogen-bond acceptors (Lipinski definition) is 4. The van der Waals surface area contributed by atoms with Gasteiger partial charge in [-0.3, -0.25) is 9.59 Å². The van der Waals surface area contributed by atoms with E-state index in [0.29, 0.717) is 12.5 Å². The number of furan rings is 1. The third-order valence-electron chi connectivity index (χ3n) is 4.83. The summed E-state index contributed by atoms with van der Waals surface area (Å²) in [6, 6.07) is 6.98. The normalized spacial score (nSPS) is 20.7. The number of aryl methyl sites for hydroxylation is 2. The lowest BCUT2D eigenvalue weighted by Crippen LogP contribution is -2.43. The molecule has 0 spiro atoms. The van der Waals surface area contributed by atoms with Crippen molar-refractivity contribution in [2.24, 2.45) is 5.92 Å². The molecule has 0 N–H and O–H groups in total. The van der Waals surface area contributed by atoms with Crippen molar-refractivity contribution in [1.82, 2.24) is 14.7 Å². The summed E-state index contributed by atoms with van der Waals surface area (Å²) in [6.07, 6.45) is 2.66. The Labute approximate surface area is 147 Å². The Bertz CT molecular complexity index is 808. The van der Waals surface area contributed by atoms with Crippen molar-refractivity contribution in [1.29, 1.82) is 0 Å². The van der Waals surface area contributed by atoms with Gasteiger partial charge in [0.25, 0.3) is 5.56 Å². The Morgan fingerprint density at radius 1 is 1.32 bits per heavy atom. The van der Waals surface area contributed by atoms with Crippen LogP contribution < -0.4 is 5.56 Å². The maximum Gasteiger partial charge on any atom is 0.267 e. The minimum atomic E-state index is -0.257. The van der Waals surface area contributed by atoms with E-state index in [0.717, 1.165) is 36.5 Å². The van der Waals surface area contributed by atoms with Crippen molar-refractivity contribution in [3.8, 4) is 0 Å². The van der Waals surface area contributed by atoms with E-state index >= 15 is 0 Å². The molecule has 1 fully saturated rings. The summed E-state index contributed by atoms with van der Waals surface area (Å²) in [5, 5.41) is 4.17.